The van der Waals surface area contributed by atoms with Crippen molar-refractivity contribution >= 4 is 22.0 Å². The molecule has 0 fully saturated rings. The van der Waals surface area contributed by atoms with Gasteiger partial charge in [-0.25, -0.2) is 0 Å². The molecule has 0 radical (unpaired) electrons. The number of aromatic nitrogens is 4. The fraction of sp³-hybridized carbons (Fsp3) is 0.286. The van der Waals surface area contributed by atoms with E-state index in [0.29, 0.717) is 0 Å². The summed E-state index contributed by atoms with van der Waals surface area (Å²) in [5.41, 5.74) is 3.39. The van der Waals surface area contributed by atoms with Crippen molar-refractivity contribution in [3.05, 3.63) is 53.9 Å². The Morgan fingerprint density at radius 2 is 1.69 bits per heavy atom. The number of anilines is 1. The third-order valence-electron chi connectivity index (χ3n) is 4.77. The molecule has 8 heteroatoms. The number of hydrogen-bond donors (Lipinski definition) is 0. The molecule has 0 amide bonds. The fourth-order valence-corrected chi connectivity index (χ4v) is 3.99. The highest BCUT2D eigenvalue weighted by Gasteiger charge is 2.14. The summed E-state index contributed by atoms with van der Waals surface area (Å²) < 4.78 is 12.5. The number of ether oxygens (including phenoxy) is 2. The summed E-state index contributed by atoms with van der Waals surface area (Å²) in [5, 5.41) is 14.3. The molecule has 0 bridgehead atoms. The average Bonchev–Trinajstić information content (AvgIpc) is 3.33. The summed E-state index contributed by atoms with van der Waals surface area (Å²) in [6.07, 6.45) is 1.55. The van der Waals surface area contributed by atoms with Crippen LogP contribution in [0, 0.1) is 0 Å². The van der Waals surface area contributed by atoms with Gasteiger partial charge in [-0.2, -0.15) is 9.61 Å². The molecular formula is C21H23N5O2S. The molecule has 0 unspecified atom stereocenters. The van der Waals surface area contributed by atoms with Crippen LogP contribution in [0.3, 0.4) is 0 Å². The third kappa shape index (κ3) is 3.88. The molecule has 0 saturated heterocycles. The lowest BCUT2D eigenvalue weighted by Gasteiger charge is -2.11. The van der Waals surface area contributed by atoms with Gasteiger partial charge in [0.1, 0.15) is 5.01 Å². The molecule has 0 N–H and O–H groups in total. The van der Waals surface area contributed by atoms with Gasteiger partial charge in [-0.15, -0.1) is 10.2 Å². The van der Waals surface area contributed by atoms with Crippen LogP contribution in [0.1, 0.15) is 11.4 Å². The molecule has 2 aromatic heterocycles. The van der Waals surface area contributed by atoms with E-state index in [1.165, 1.54) is 0 Å². The minimum absolute atomic E-state index is 0.727. The highest BCUT2D eigenvalue weighted by Crippen LogP contribution is 2.29. The minimum Gasteiger partial charge on any atom is -0.493 e. The molecular weight excluding hydrogens is 386 g/mol. The third-order valence-corrected chi connectivity index (χ3v) is 5.72. The summed E-state index contributed by atoms with van der Waals surface area (Å²) in [4.78, 5) is 2.88. The van der Waals surface area contributed by atoms with Crippen molar-refractivity contribution in [1.29, 1.82) is 0 Å². The number of nitrogens with zero attached hydrogens (tertiary/aromatic N) is 5. The van der Waals surface area contributed by atoms with Crippen molar-refractivity contribution in [3.63, 3.8) is 0 Å². The zero-order valence-corrected chi connectivity index (χ0v) is 17.7. The molecule has 4 rings (SSSR count). The van der Waals surface area contributed by atoms with Crippen LogP contribution in [0.15, 0.2) is 42.5 Å². The molecule has 0 saturated carbocycles. The molecule has 0 atom stereocenters. The largest absolute Gasteiger partial charge is 0.493 e. The number of methoxy groups -OCH3 is 2. The van der Waals surface area contributed by atoms with Crippen LogP contribution in [-0.4, -0.2) is 48.1 Å². The maximum Gasteiger partial charge on any atom is 0.234 e. The van der Waals surface area contributed by atoms with Gasteiger partial charge in [-0.3, -0.25) is 0 Å². The molecule has 0 aliphatic heterocycles. The van der Waals surface area contributed by atoms with Crippen molar-refractivity contribution in [2.75, 3.05) is 33.2 Å². The van der Waals surface area contributed by atoms with E-state index in [1.54, 1.807) is 25.6 Å². The smallest absolute Gasteiger partial charge is 0.234 e. The Morgan fingerprint density at radius 1 is 0.931 bits per heavy atom. The van der Waals surface area contributed by atoms with E-state index < -0.39 is 0 Å². The second-order valence-corrected chi connectivity index (χ2v) is 7.80. The normalized spacial score (nSPS) is 11.0. The minimum atomic E-state index is 0.727. The summed E-state index contributed by atoms with van der Waals surface area (Å²) in [6.45, 7) is 0. The topological polar surface area (TPSA) is 64.8 Å². The van der Waals surface area contributed by atoms with Crippen molar-refractivity contribution in [2.24, 2.45) is 0 Å². The maximum absolute atomic E-state index is 5.39. The average molecular weight is 410 g/mol. The second-order valence-electron chi connectivity index (χ2n) is 6.85. The van der Waals surface area contributed by atoms with Crippen LogP contribution < -0.4 is 14.4 Å². The number of fused-ring (bicyclic) bond motifs is 1. The Balaban J connectivity index is 1.53. The molecule has 2 heterocycles. The first-order chi connectivity index (χ1) is 14.1. The molecule has 29 heavy (non-hydrogen) atoms. The van der Waals surface area contributed by atoms with Crippen LogP contribution in [-0.2, 0) is 12.8 Å². The van der Waals surface area contributed by atoms with Gasteiger partial charge < -0.3 is 14.4 Å². The van der Waals surface area contributed by atoms with Gasteiger partial charge in [0.2, 0.25) is 4.96 Å². The maximum atomic E-state index is 5.39. The van der Waals surface area contributed by atoms with Gasteiger partial charge in [-0.1, -0.05) is 17.4 Å². The van der Waals surface area contributed by atoms with Crippen LogP contribution in [0.4, 0.5) is 5.69 Å². The van der Waals surface area contributed by atoms with Gasteiger partial charge in [0.25, 0.3) is 0 Å². The number of aryl methyl sites for hydroxylation is 2. The molecule has 0 aliphatic rings. The van der Waals surface area contributed by atoms with Gasteiger partial charge >= 0.3 is 0 Å². The van der Waals surface area contributed by atoms with E-state index in [0.717, 1.165) is 56.9 Å². The second kappa shape index (κ2) is 8.08. The van der Waals surface area contributed by atoms with E-state index in [4.69, 9.17) is 14.6 Å². The monoisotopic (exact) mass is 409 g/mol. The lowest BCUT2D eigenvalue weighted by Crippen LogP contribution is -2.07. The molecule has 7 nitrogen and oxygen atoms in total. The van der Waals surface area contributed by atoms with Crippen molar-refractivity contribution in [3.8, 4) is 22.1 Å². The SMILES string of the molecule is COc1ccc(CCc2nnc3sc(-c4ccc(N(C)C)cc4)nn23)cc1OC. The lowest BCUT2D eigenvalue weighted by molar-refractivity contribution is 0.354. The van der Waals surface area contributed by atoms with Crippen molar-refractivity contribution in [2.45, 2.75) is 12.8 Å². The Labute approximate surface area is 173 Å². The predicted octanol–water partition coefficient (Wildman–Crippen LogP) is 3.72. The van der Waals surface area contributed by atoms with E-state index in [9.17, 15) is 0 Å². The number of benzene rings is 2. The first kappa shape index (κ1) is 19.2. The van der Waals surface area contributed by atoms with E-state index in [-0.39, 0.29) is 0 Å². The number of rotatable bonds is 7. The van der Waals surface area contributed by atoms with Crippen LogP contribution in [0.5, 0.6) is 11.5 Å². The predicted molar refractivity (Wildman–Crippen MR) is 115 cm³/mol. The fourth-order valence-electron chi connectivity index (χ4n) is 3.12. The van der Waals surface area contributed by atoms with Crippen molar-refractivity contribution in [1.82, 2.24) is 19.8 Å². The van der Waals surface area contributed by atoms with Gasteiger partial charge in [0.15, 0.2) is 17.3 Å². The number of hydrogen-bond acceptors (Lipinski definition) is 7. The molecule has 2 aromatic carbocycles. The van der Waals surface area contributed by atoms with Crippen molar-refractivity contribution < 1.29 is 9.47 Å². The first-order valence-electron chi connectivity index (χ1n) is 9.29. The highest BCUT2D eigenvalue weighted by atomic mass is 32.1. The standard InChI is InChI=1S/C21H23N5O2S/c1-25(2)16-9-7-15(8-10-16)20-24-26-19(22-23-21(26)29-20)12-6-14-5-11-17(27-3)18(13-14)28-4/h5,7-11,13H,6,12H2,1-4H3. The molecule has 0 spiro atoms. The summed E-state index contributed by atoms with van der Waals surface area (Å²) in [5.74, 6) is 2.31. The van der Waals surface area contributed by atoms with E-state index in [2.05, 4.69) is 39.4 Å². The van der Waals surface area contributed by atoms with Crippen LogP contribution in [0.2, 0.25) is 0 Å². The first-order valence-corrected chi connectivity index (χ1v) is 10.1. The zero-order chi connectivity index (χ0) is 20.4. The Bertz CT molecular complexity index is 1120. The van der Waals surface area contributed by atoms with Gasteiger partial charge in [0.05, 0.1) is 14.2 Å². The Hall–Kier alpha value is -3.13. The van der Waals surface area contributed by atoms with Gasteiger partial charge in [0, 0.05) is 31.8 Å². The highest BCUT2D eigenvalue weighted by molar-refractivity contribution is 7.19. The summed E-state index contributed by atoms with van der Waals surface area (Å²) in [6, 6.07) is 14.3. The zero-order valence-electron chi connectivity index (χ0n) is 16.9. The lowest BCUT2D eigenvalue weighted by atomic mass is 10.1. The molecule has 150 valence electrons. The summed E-state index contributed by atoms with van der Waals surface area (Å²) >= 11 is 1.55. The van der Waals surface area contributed by atoms with E-state index >= 15 is 0 Å². The van der Waals surface area contributed by atoms with Gasteiger partial charge in [-0.05, 0) is 48.4 Å². The summed E-state index contributed by atoms with van der Waals surface area (Å²) in [7, 11) is 7.34. The Morgan fingerprint density at radius 3 is 2.38 bits per heavy atom. The van der Waals surface area contributed by atoms with Crippen LogP contribution >= 0.6 is 11.3 Å². The van der Waals surface area contributed by atoms with Crippen LogP contribution in [0.25, 0.3) is 15.5 Å². The molecule has 4 aromatic rings. The molecule has 0 aliphatic carbocycles. The van der Waals surface area contributed by atoms with E-state index in [1.807, 2.05) is 36.8 Å². The quantitative estimate of drug-likeness (QED) is 0.464. The Kier molecular flexibility index (Phi) is 5.35.